The summed E-state index contributed by atoms with van der Waals surface area (Å²) < 4.78 is 0. The van der Waals surface area contributed by atoms with Crippen molar-refractivity contribution in [3.05, 3.63) is 35.9 Å². The molecular weight excluding hydrogens is 514 g/mol. The summed E-state index contributed by atoms with van der Waals surface area (Å²) in [7, 11) is 3.20. The van der Waals surface area contributed by atoms with E-state index in [1.54, 1.807) is 21.0 Å². The van der Waals surface area contributed by atoms with Crippen LogP contribution in [0.2, 0.25) is 0 Å². The number of hydrogen-bond donors (Lipinski definition) is 5. The quantitative estimate of drug-likeness (QED) is 0.255. The van der Waals surface area contributed by atoms with Crippen LogP contribution in [0.15, 0.2) is 30.3 Å². The maximum atomic E-state index is 13.4. The fraction of sp³-hybridized carbons (Fsp3) is 0.621. The number of carbonyl (C=O) groups excluding carboxylic acids is 5. The van der Waals surface area contributed by atoms with Gasteiger partial charge < -0.3 is 31.3 Å². The standard InChI is InChI=1S/C29H47N5O6/c1-25(2,18-35)20(36)30-26(3,4)21(37)31-27(5,6)22(38)32-28(7,8)23(39)33-29(9,24(40)34(10)11)17-19-15-13-12-14-16-19/h12-16,35H,17-18H2,1-11H3,(H,30,36)(H,31,37)(H,32,38)(H,33,39). The molecule has 224 valence electrons. The Morgan fingerprint density at radius 1 is 0.650 bits per heavy atom. The highest BCUT2D eigenvalue weighted by atomic mass is 16.3. The Labute approximate surface area is 237 Å². The molecule has 40 heavy (non-hydrogen) atoms. The summed E-state index contributed by atoms with van der Waals surface area (Å²) in [6.07, 6.45) is 0.232. The Morgan fingerprint density at radius 3 is 1.40 bits per heavy atom. The number of carbonyl (C=O) groups is 5. The van der Waals surface area contributed by atoms with Gasteiger partial charge in [0.05, 0.1) is 12.0 Å². The number of likely N-dealkylation sites (N-methyl/N-ethyl adjacent to an activating group) is 1. The summed E-state index contributed by atoms with van der Waals surface area (Å²) in [4.78, 5) is 66.8. The fourth-order valence-electron chi connectivity index (χ4n) is 3.65. The molecule has 5 amide bonds. The highest BCUT2D eigenvalue weighted by Crippen LogP contribution is 2.20. The van der Waals surface area contributed by atoms with Crippen molar-refractivity contribution >= 4 is 29.5 Å². The number of amides is 5. The number of nitrogens with zero attached hydrogens (tertiary/aromatic N) is 1. The molecule has 0 saturated carbocycles. The largest absolute Gasteiger partial charge is 0.395 e. The minimum Gasteiger partial charge on any atom is -0.395 e. The first-order valence-electron chi connectivity index (χ1n) is 13.2. The average Bonchev–Trinajstić information content (AvgIpc) is 2.82. The normalized spacial score (nSPS) is 13.9. The van der Waals surface area contributed by atoms with E-state index in [2.05, 4.69) is 21.3 Å². The van der Waals surface area contributed by atoms with Gasteiger partial charge in [-0.3, -0.25) is 24.0 Å². The van der Waals surface area contributed by atoms with Gasteiger partial charge >= 0.3 is 0 Å². The van der Waals surface area contributed by atoms with Gasteiger partial charge in [-0.2, -0.15) is 0 Å². The summed E-state index contributed by atoms with van der Waals surface area (Å²) in [6.45, 7) is 13.2. The van der Waals surface area contributed by atoms with Crippen LogP contribution >= 0.6 is 0 Å². The number of hydrogen-bond acceptors (Lipinski definition) is 6. The third-order valence-electron chi connectivity index (χ3n) is 6.66. The molecular formula is C29H47N5O6. The van der Waals surface area contributed by atoms with Crippen molar-refractivity contribution in [2.75, 3.05) is 20.7 Å². The lowest BCUT2D eigenvalue weighted by Gasteiger charge is -2.38. The van der Waals surface area contributed by atoms with Gasteiger partial charge in [0.15, 0.2) is 0 Å². The van der Waals surface area contributed by atoms with Crippen LogP contribution in [-0.2, 0) is 30.4 Å². The van der Waals surface area contributed by atoms with Crippen molar-refractivity contribution in [3.63, 3.8) is 0 Å². The van der Waals surface area contributed by atoms with Gasteiger partial charge in [-0.15, -0.1) is 0 Å². The van der Waals surface area contributed by atoms with E-state index in [4.69, 9.17) is 0 Å². The van der Waals surface area contributed by atoms with Crippen molar-refractivity contribution in [2.45, 2.75) is 90.9 Å². The molecule has 0 fully saturated rings. The highest BCUT2D eigenvalue weighted by molar-refractivity contribution is 6.00. The first-order valence-corrected chi connectivity index (χ1v) is 13.2. The lowest BCUT2D eigenvalue weighted by atomic mass is 9.89. The lowest BCUT2D eigenvalue weighted by molar-refractivity contribution is -0.143. The van der Waals surface area contributed by atoms with Crippen molar-refractivity contribution < 1.29 is 29.1 Å². The van der Waals surface area contributed by atoms with Gasteiger partial charge in [-0.25, -0.2) is 0 Å². The highest BCUT2D eigenvalue weighted by Gasteiger charge is 2.44. The smallest absolute Gasteiger partial charge is 0.247 e. The Balaban J connectivity index is 3.05. The summed E-state index contributed by atoms with van der Waals surface area (Å²) in [5.74, 6) is -2.71. The molecule has 11 heteroatoms. The van der Waals surface area contributed by atoms with Crippen LogP contribution in [0.1, 0.15) is 67.9 Å². The molecule has 1 atom stereocenters. The summed E-state index contributed by atoms with van der Waals surface area (Å²) >= 11 is 0. The Kier molecular flexibility index (Phi) is 10.7. The second-order valence-corrected chi connectivity index (χ2v) is 12.9. The Bertz CT molecular complexity index is 1110. The second kappa shape index (κ2) is 12.4. The molecule has 0 aliphatic heterocycles. The summed E-state index contributed by atoms with van der Waals surface area (Å²) in [6, 6.07) is 9.27. The van der Waals surface area contributed by atoms with Crippen LogP contribution in [0.4, 0.5) is 0 Å². The third kappa shape index (κ3) is 8.77. The Hall–Kier alpha value is -3.47. The van der Waals surface area contributed by atoms with Crippen molar-refractivity contribution in [3.8, 4) is 0 Å². The van der Waals surface area contributed by atoms with E-state index >= 15 is 0 Å². The second-order valence-electron chi connectivity index (χ2n) is 12.9. The first-order chi connectivity index (χ1) is 18.0. The molecule has 0 heterocycles. The van der Waals surface area contributed by atoms with Gasteiger partial charge in [0, 0.05) is 20.5 Å². The Morgan fingerprint density at radius 2 is 1.02 bits per heavy atom. The topological polar surface area (TPSA) is 157 Å². The number of benzene rings is 1. The zero-order valence-corrected chi connectivity index (χ0v) is 25.7. The van der Waals surface area contributed by atoms with Crippen LogP contribution in [0.5, 0.6) is 0 Å². The molecule has 0 aliphatic carbocycles. The van der Waals surface area contributed by atoms with Gasteiger partial charge in [0.25, 0.3) is 0 Å². The van der Waals surface area contributed by atoms with Gasteiger partial charge in [-0.1, -0.05) is 30.3 Å². The minimum atomic E-state index is -1.48. The molecule has 0 aromatic heterocycles. The third-order valence-corrected chi connectivity index (χ3v) is 6.66. The maximum absolute atomic E-state index is 13.4. The molecule has 0 saturated heterocycles. The van der Waals surface area contributed by atoms with Crippen LogP contribution in [-0.4, -0.2) is 82.4 Å². The monoisotopic (exact) mass is 561 g/mol. The van der Waals surface area contributed by atoms with Crippen LogP contribution in [0, 0.1) is 5.41 Å². The van der Waals surface area contributed by atoms with E-state index in [0.717, 1.165) is 5.56 Å². The zero-order valence-electron chi connectivity index (χ0n) is 25.7. The van der Waals surface area contributed by atoms with E-state index in [1.165, 1.54) is 60.3 Å². The van der Waals surface area contributed by atoms with E-state index in [-0.39, 0.29) is 12.3 Å². The average molecular weight is 562 g/mol. The van der Waals surface area contributed by atoms with Crippen LogP contribution in [0.3, 0.4) is 0 Å². The van der Waals surface area contributed by atoms with Gasteiger partial charge in [0.1, 0.15) is 22.2 Å². The number of nitrogens with one attached hydrogen (secondary N) is 4. The van der Waals surface area contributed by atoms with E-state index in [0.29, 0.717) is 0 Å². The molecule has 1 unspecified atom stereocenters. The summed E-state index contributed by atoms with van der Waals surface area (Å²) in [5, 5.41) is 20.2. The van der Waals surface area contributed by atoms with E-state index in [1.807, 2.05) is 30.3 Å². The molecule has 5 N–H and O–H groups in total. The zero-order chi connectivity index (χ0) is 31.3. The summed E-state index contributed by atoms with van der Waals surface area (Å²) in [5.41, 5.74) is -5.89. The van der Waals surface area contributed by atoms with Crippen molar-refractivity contribution in [1.29, 1.82) is 0 Å². The lowest BCUT2D eigenvalue weighted by Crippen LogP contribution is -2.68. The minimum absolute atomic E-state index is 0.232. The van der Waals surface area contributed by atoms with Crippen LogP contribution in [0.25, 0.3) is 0 Å². The van der Waals surface area contributed by atoms with E-state index in [9.17, 15) is 29.1 Å². The van der Waals surface area contributed by atoms with Gasteiger partial charge in [-0.05, 0) is 67.9 Å². The molecule has 1 aromatic carbocycles. The van der Waals surface area contributed by atoms with Crippen molar-refractivity contribution in [2.24, 2.45) is 5.41 Å². The number of aliphatic hydroxyl groups excluding tert-OH is 1. The molecule has 11 nitrogen and oxygen atoms in total. The fourth-order valence-corrected chi connectivity index (χ4v) is 3.65. The number of rotatable bonds is 12. The molecule has 0 bridgehead atoms. The SMILES string of the molecule is CN(C)C(=O)C(C)(Cc1ccccc1)NC(=O)C(C)(C)NC(=O)C(C)(C)NC(=O)C(C)(C)NC(=O)C(C)(C)CO. The molecule has 1 rings (SSSR count). The molecule has 1 aromatic rings. The molecule has 0 radical (unpaired) electrons. The molecule has 0 spiro atoms. The predicted octanol–water partition coefficient (Wildman–Crippen LogP) is 0.895. The maximum Gasteiger partial charge on any atom is 0.247 e. The van der Waals surface area contributed by atoms with Crippen LogP contribution < -0.4 is 21.3 Å². The van der Waals surface area contributed by atoms with Crippen molar-refractivity contribution in [1.82, 2.24) is 26.2 Å². The molecule has 0 aliphatic rings. The predicted molar refractivity (Wildman–Crippen MR) is 153 cm³/mol. The van der Waals surface area contributed by atoms with Gasteiger partial charge in [0.2, 0.25) is 29.5 Å². The van der Waals surface area contributed by atoms with E-state index < -0.39 is 57.8 Å². The number of aliphatic hydroxyl groups is 1. The first kappa shape index (κ1) is 34.6.